The van der Waals surface area contributed by atoms with E-state index >= 15 is 0 Å². The molecule has 3 aliphatic heterocycles. The van der Waals surface area contributed by atoms with Gasteiger partial charge in [-0.25, -0.2) is 0 Å². The first kappa shape index (κ1) is 40.6. The standard InChI is InChI=1S/C45H38O18/c46-18-10-27(54)33-31(11-18)61-43(16-2-5-21(48)25(52)8-16)40(59)37(33)34-29(56)14-32-36(39(34)58)38(41(60)44(62-32)17-3-6-22(49)26(53)9-17)35-28(55)13-23(50)19-12-30(57)42(63-45(19)35)15-1-4-20(47)24(51)7-15/h1-11,13-14,30,37-38,40-44,46-60H,12H2/t30-,37+,38-,40+,41-,42-,43-,44-/m1/s1. The van der Waals surface area contributed by atoms with Crippen molar-refractivity contribution in [2.24, 2.45) is 0 Å². The zero-order valence-corrected chi connectivity index (χ0v) is 32.3. The molecule has 3 aliphatic rings. The number of fused-ring (bicyclic) bond motifs is 3. The number of hydrogen-bond donors (Lipinski definition) is 15. The van der Waals surface area contributed by atoms with E-state index in [1.54, 1.807) is 0 Å². The predicted molar refractivity (Wildman–Crippen MR) is 214 cm³/mol. The fourth-order valence-corrected chi connectivity index (χ4v) is 8.93. The minimum absolute atomic E-state index is 0.0518. The highest BCUT2D eigenvalue weighted by Crippen LogP contribution is 2.61. The maximum Gasteiger partial charge on any atom is 0.157 e. The molecule has 6 aromatic carbocycles. The fraction of sp³-hybridized carbons (Fsp3) is 0.200. The summed E-state index contributed by atoms with van der Waals surface area (Å²) < 4.78 is 18.6. The molecule has 0 unspecified atom stereocenters. The third-order valence-corrected chi connectivity index (χ3v) is 11.8. The van der Waals surface area contributed by atoms with Crippen LogP contribution >= 0.6 is 0 Å². The second-order valence-corrected chi connectivity index (χ2v) is 15.7. The van der Waals surface area contributed by atoms with Gasteiger partial charge < -0.3 is 90.8 Å². The Labute approximate surface area is 354 Å². The number of benzene rings is 6. The molecule has 326 valence electrons. The van der Waals surface area contributed by atoms with Gasteiger partial charge in [0.2, 0.25) is 0 Å². The zero-order chi connectivity index (χ0) is 44.9. The Kier molecular flexibility index (Phi) is 9.46. The molecule has 18 heteroatoms. The Morgan fingerprint density at radius 1 is 0.381 bits per heavy atom. The summed E-state index contributed by atoms with van der Waals surface area (Å²) in [5.74, 6) is -11.5. The Balaban J connectivity index is 1.29. The molecule has 0 radical (unpaired) electrons. The van der Waals surface area contributed by atoms with E-state index in [1.165, 1.54) is 18.2 Å². The molecule has 18 nitrogen and oxygen atoms in total. The van der Waals surface area contributed by atoms with Crippen LogP contribution in [0.5, 0.6) is 86.2 Å². The highest BCUT2D eigenvalue weighted by atomic mass is 16.5. The van der Waals surface area contributed by atoms with Crippen LogP contribution in [0.2, 0.25) is 0 Å². The molecule has 63 heavy (non-hydrogen) atoms. The summed E-state index contributed by atoms with van der Waals surface area (Å²) in [6, 6.07) is 14.6. The van der Waals surface area contributed by atoms with Gasteiger partial charge in [0, 0.05) is 58.5 Å². The third kappa shape index (κ3) is 6.46. The summed E-state index contributed by atoms with van der Waals surface area (Å²) in [6.07, 6.45) is -9.81. The summed E-state index contributed by atoms with van der Waals surface area (Å²) >= 11 is 0. The molecule has 15 N–H and O–H groups in total. The highest BCUT2D eigenvalue weighted by Gasteiger charge is 2.50. The van der Waals surface area contributed by atoms with Crippen molar-refractivity contribution in [2.75, 3.05) is 0 Å². The van der Waals surface area contributed by atoms with Gasteiger partial charge in [0.15, 0.2) is 46.7 Å². The molecule has 0 saturated heterocycles. The van der Waals surface area contributed by atoms with Crippen LogP contribution in [0.25, 0.3) is 0 Å². The zero-order valence-electron chi connectivity index (χ0n) is 32.3. The van der Waals surface area contributed by atoms with Crippen LogP contribution in [-0.4, -0.2) is 94.9 Å². The number of ether oxygens (including phenoxy) is 3. The first-order valence-corrected chi connectivity index (χ1v) is 19.3. The first-order chi connectivity index (χ1) is 29.9. The van der Waals surface area contributed by atoms with Gasteiger partial charge in [0.1, 0.15) is 70.1 Å². The minimum Gasteiger partial charge on any atom is -0.508 e. The first-order valence-electron chi connectivity index (χ1n) is 19.3. The van der Waals surface area contributed by atoms with Crippen molar-refractivity contribution in [3.05, 3.63) is 123 Å². The van der Waals surface area contributed by atoms with Crippen molar-refractivity contribution < 1.29 is 90.8 Å². The van der Waals surface area contributed by atoms with Crippen molar-refractivity contribution in [1.29, 1.82) is 0 Å². The summed E-state index contributed by atoms with van der Waals surface area (Å²) in [5, 5.41) is 166. The van der Waals surface area contributed by atoms with Gasteiger partial charge in [0.05, 0.1) is 17.9 Å². The second-order valence-electron chi connectivity index (χ2n) is 15.7. The molecule has 6 aromatic rings. The number of aliphatic hydroxyl groups is 3. The van der Waals surface area contributed by atoms with E-state index in [2.05, 4.69) is 0 Å². The van der Waals surface area contributed by atoms with Crippen LogP contribution in [0.1, 0.15) is 74.7 Å². The Hall–Kier alpha value is -7.80. The summed E-state index contributed by atoms with van der Waals surface area (Å²) in [7, 11) is 0. The topological polar surface area (TPSA) is 331 Å². The molecule has 3 heterocycles. The Bertz CT molecular complexity index is 2840. The lowest BCUT2D eigenvalue weighted by Crippen LogP contribution is -2.38. The summed E-state index contributed by atoms with van der Waals surface area (Å²) in [6.45, 7) is 0. The van der Waals surface area contributed by atoms with Gasteiger partial charge >= 0.3 is 0 Å². The maximum atomic E-state index is 12.6. The van der Waals surface area contributed by atoms with E-state index in [4.69, 9.17) is 14.2 Å². The Morgan fingerprint density at radius 3 is 1.37 bits per heavy atom. The molecule has 0 fully saturated rings. The number of phenols is 12. The van der Waals surface area contributed by atoms with E-state index in [0.29, 0.717) is 0 Å². The van der Waals surface area contributed by atoms with Crippen LogP contribution in [0.4, 0.5) is 0 Å². The van der Waals surface area contributed by atoms with Gasteiger partial charge in [-0.3, -0.25) is 0 Å². The average molecular weight is 867 g/mol. The maximum absolute atomic E-state index is 12.6. The van der Waals surface area contributed by atoms with Crippen LogP contribution < -0.4 is 14.2 Å². The molecule has 0 spiro atoms. The van der Waals surface area contributed by atoms with E-state index in [9.17, 15) is 76.6 Å². The van der Waals surface area contributed by atoms with Gasteiger partial charge in [-0.1, -0.05) is 18.2 Å². The number of aliphatic hydroxyl groups excluding tert-OH is 3. The van der Waals surface area contributed by atoms with Gasteiger partial charge in [-0.15, -0.1) is 0 Å². The molecule has 0 amide bonds. The SMILES string of the molecule is Oc1cc(O)c2c(c1)O[C@H](c1ccc(O)c(O)c1)[C@@H](O)[C@@H]2c1c(O)cc2c(c1O)[C@@H](c1c(O)cc(O)c3c1O[C@H](c1ccc(O)c(O)c1)[C@H](O)C3)[C@@H](O)[C@@H](c1ccc(O)c(O)c1)O2. The highest BCUT2D eigenvalue weighted by molar-refractivity contribution is 5.70. The van der Waals surface area contributed by atoms with Gasteiger partial charge in [-0.05, 0) is 53.1 Å². The van der Waals surface area contributed by atoms with E-state index < -0.39 is 123 Å². The molecular weight excluding hydrogens is 828 g/mol. The Morgan fingerprint density at radius 2 is 0.841 bits per heavy atom. The fourth-order valence-electron chi connectivity index (χ4n) is 8.93. The van der Waals surface area contributed by atoms with Crippen LogP contribution in [0, 0.1) is 0 Å². The normalized spacial score (nSPS) is 23.6. The molecule has 0 bridgehead atoms. The number of hydrogen-bond acceptors (Lipinski definition) is 18. The van der Waals surface area contributed by atoms with Crippen LogP contribution in [0.3, 0.4) is 0 Å². The minimum atomic E-state index is -1.90. The van der Waals surface area contributed by atoms with Crippen molar-refractivity contribution in [3.8, 4) is 86.2 Å². The lowest BCUT2D eigenvalue weighted by atomic mass is 9.74. The number of phenolic OH excluding ortho intramolecular Hbond substituents is 12. The molecule has 0 aromatic heterocycles. The lowest BCUT2D eigenvalue weighted by Gasteiger charge is -2.42. The van der Waals surface area contributed by atoms with Crippen molar-refractivity contribution in [2.45, 2.75) is 54.9 Å². The average Bonchev–Trinajstić information content (AvgIpc) is 3.22. The molecule has 0 saturated carbocycles. The number of rotatable bonds is 5. The lowest BCUT2D eigenvalue weighted by molar-refractivity contribution is -0.000173. The monoisotopic (exact) mass is 866 g/mol. The van der Waals surface area contributed by atoms with Gasteiger partial charge in [0.25, 0.3) is 0 Å². The van der Waals surface area contributed by atoms with Gasteiger partial charge in [-0.2, -0.15) is 0 Å². The summed E-state index contributed by atoms with van der Waals surface area (Å²) in [4.78, 5) is 0. The molecule has 9 rings (SSSR count). The quantitative estimate of drug-likeness (QED) is 0.106. The van der Waals surface area contributed by atoms with Crippen LogP contribution in [0.15, 0.2) is 78.9 Å². The third-order valence-electron chi connectivity index (χ3n) is 11.8. The van der Waals surface area contributed by atoms with Crippen molar-refractivity contribution in [3.63, 3.8) is 0 Å². The van der Waals surface area contributed by atoms with Crippen LogP contribution in [-0.2, 0) is 6.42 Å². The predicted octanol–water partition coefficient (Wildman–Crippen LogP) is 4.44. The molecule has 0 aliphatic carbocycles. The second kappa shape index (κ2) is 14.7. The van der Waals surface area contributed by atoms with E-state index in [-0.39, 0.29) is 62.6 Å². The number of aromatic hydroxyl groups is 12. The summed E-state index contributed by atoms with van der Waals surface area (Å²) in [5.41, 5.74) is -1.20. The molecular formula is C45H38O18. The largest absolute Gasteiger partial charge is 0.508 e. The van der Waals surface area contributed by atoms with E-state index in [0.717, 1.165) is 60.7 Å². The van der Waals surface area contributed by atoms with E-state index in [1.807, 2.05) is 0 Å². The molecule has 8 atom stereocenters. The smallest absolute Gasteiger partial charge is 0.157 e. The van der Waals surface area contributed by atoms with Crippen molar-refractivity contribution in [1.82, 2.24) is 0 Å². The van der Waals surface area contributed by atoms with Crippen molar-refractivity contribution >= 4 is 0 Å².